The number of halogens is 6. The van der Waals surface area contributed by atoms with E-state index in [1.54, 1.807) is 13.2 Å². The molecule has 35 heavy (non-hydrogen) atoms. The van der Waals surface area contributed by atoms with Crippen LogP contribution in [0.3, 0.4) is 0 Å². The normalized spacial score (nSPS) is 11.4. The summed E-state index contributed by atoms with van der Waals surface area (Å²) in [5, 5.41) is 0.699. The largest absolute Gasteiger partial charge is 0.385 e. The number of rotatable bonds is 8. The summed E-state index contributed by atoms with van der Waals surface area (Å²) in [5.74, 6) is -6.08. The quantitative estimate of drug-likeness (QED) is 0.140. The molecule has 0 spiro atoms. The first kappa shape index (κ1) is 24.8. The van der Waals surface area contributed by atoms with Crippen molar-refractivity contribution >= 4 is 10.8 Å². The Balaban J connectivity index is 1.59. The Morgan fingerprint density at radius 3 is 1.91 bits per heavy atom. The zero-order chi connectivity index (χ0) is 25.1. The second kappa shape index (κ2) is 10.5. The van der Waals surface area contributed by atoms with Gasteiger partial charge in [0, 0.05) is 19.1 Å². The highest BCUT2D eigenvalue weighted by atomic mass is 19.2. The third-order valence-corrected chi connectivity index (χ3v) is 5.97. The maximum atomic E-state index is 15.1. The molecule has 0 N–H and O–H groups in total. The zero-order valence-electron chi connectivity index (χ0n) is 18.9. The lowest BCUT2D eigenvalue weighted by atomic mass is 9.95. The van der Waals surface area contributed by atoms with Gasteiger partial charge in [-0.05, 0) is 83.7 Å². The van der Waals surface area contributed by atoms with Crippen LogP contribution in [0.25, 0.3) is 21.9 Å². The molecule has 7 heteroatoms. The van der Waals surface area contributed by atoms with Crippen molar-refractivity contribution in [3.8, 4) is 11.1 Å². The molecule has 1 nitrogen and oxygen atoms in total. The van der Waals surface area contributed by atoms with Gasteiger partial charge in [-0.3, -0.25) is 0 Å². The Bertz CT molecular complexity index is 1340. The summed E-state index contributed by atoms with van der Waals surface area (Å²) in [5.41, 5.74) is 1.12. The summed E-state index contributed by atoms with van der Waals surface area (Å²) in [6, 6.07) is 11.9. The summed E-state index contributed by atoms with van der Waals surface area (Å²) in [4.78, 5) is 0. The Morgan fingerprint density at radius 1 is 0.629 bits per heavy atom. The first-order valence-electron chi connectivity index (χ1n) is 11.1. The third kappa shape index (κ3) is 5.35. The molecule has 0 aromatic heterocycles. The summed E-state index contributed by atoms with van der Waals surface area (Å²) in [6.45, 7) is 0.487. The molecule has 0 fully saturated rings. The molecule has 0 aliphatic heterocycles. The van der Waals surface area contributed by atoms with Crippen LogP contribution < -0.4 is 0 Å². The number of benzene rings is 4. The van der Waals surface area contributed by atoms with E-state index in [4.69, 9.17) is 4.74 Å². The standard InChI is InChI=1S/C28H22F6O/c1-35-10-2-3-16-11-22(29)26(23(30)12-16)20-8-9-21-19(15-20)7-6-18(27(21)33)5-4-17-13-24(31)28(34)25(32)14-17/h6-9,11-15H,2-5,10H2,1H3. The molecule has 0 heterocycles. The highest BCUT2D eigenvalue weighted by molar-refractivity contribution is 5.88. The second-order valence-corrected chi connectivity index (χ2v) is 8.38. The molecule has 0 aliphatic rings. The number of hydrogen-bond donors (Lipinski definition) is 0. The van der Waals surface area contributed by atoms with Crippen molar-refractivity contribution in [2.75, 3.05) is 13.7 Å². The fourth-order valence-electron chi connectivity index (χ4n) is 4.18. The van der Waals surface area contributed by atoms with Gasteiger partial charge in [-0.1, -0.05) is 24.3 Å². The fourth-order valence-corrected chi connectivity index (χ4v) is 4.18. The van der Waals surface area contributed by atoms with Crippen LogP contribution in [0.15, 0.2) is 54.6 Å². The molecule has 4 rings (SSSR count). The molecule has 0 radical (unpaired) electrons. The molecule has 0 amide bonds. The first-order chi connectivity index (χ1) is 16.8. The van der Waals surface area contributed by atoms with Crippen LogP contribution in [0, 0.1) is 34.9 Å². The summed E-state index contributed by atoms with van der Waals surface area (Å²) >= 11 is 0. The lowest BCUT2D eigenvalue weighted by Crippen LogP contribution is -2.00. The van der Waals surface area contributed by atoms with E-state index in [1.165, 1.54) is 36.4 Å². The average Bonchev–Trinajstić information content (AvgIpc) is 2.82. The number of aryl methyl sites for hydroxylation is 3. The van der Waals surface area contributed by atoms with Gasteiger partial charge in [0.2, 0.25) is 0 Å². The number of ether oxygens (including phenoxy) is 1. The first-order valence-corrected chi connectivity index (χ1v) is 11.1. The van der Waals surface area contributed by atoms with Crippen LogP contribution in [0.5, 0.6) is 0 Å². The predicted molar refractivity (Wildman–Crippen MR) is 123 cm³/mol. The second-order valence-electron chi connectivity index (χ2n) is 8.38. The van der Waals surface area contributed by atoms with E-state index in [0.29, 0.717) is 36.0 Å². The predicted octanol–water partition coefficient (Wildman–Crippen LogP) is 7.71. The van der Waals surface area contributed by atoms with Crippen molar-refractivity contribution in [1.29, 1.82) is 0 Å². The molecule has 0 unspecified atom stereocenters. The highest BCUT2D eigenvalue weighted by Gasteiger charge is 2.16. The minimum atomic E-state index is -1.55. The van der Waals surface area contributed by atoms with Crippen LogP contribution in [-0.2, 0) is 24.0 Å². The topological polar surface area (TPSA) is 9.23 Å². The maximum absolute atomic E-state index is 15.1. The van der Waals surface area contributed by atoms with Crippen LogP contribution in [0.1, 0.15) is 23.1 Å². The number of methoxy groups -OCH3 is 1. The van der Waals surface area contributed by atoms with Gasteiger partial charge in [0.25, 0.3) is 0 Å². The van der Waals surface area contributed by atoms with Crippen LogP contribution >= 0.6 is 0 Å². The van der Waals surface area contributed by atoms with Gasteiger partial charge in [-0.2, -0.15) is 0 Å². The Labute approximate surface area is 199 Å². The maximum Gasteiger partial charge on any atom is 0.194 e. The van der Waals surface area contributed by atoms with E-state index in [0.717, 1.165) is 12.1 Å². The molecular weight excluding hydrogens is 466 g/mol. The van der Waals surface area contributed by atoms with Gasteiger partial charge in [-0.15, -0.1) is 0 Å². The van der Waals surface area contributed by atoms with Gasteiger partial charge in [0.15, 0.2) is 17.5 Å². The van der Waals surface area contributed by atoms with E-state index in [1.807, 2.05) is 0 Å². The van der Waals surface area contributed by atoms with E-state index in [9.17, 15) is 22.0 Å². The number of hydrogen-bond acceptors (Lipinski definition) is 1. The monoisotopic (exact) mass is 488 g/mol. The van der Waals surface area contributed by atoms with Crippen LogP contribution in [-0.4, -0.2) is 13.7 Å². The van der Waals surface area contributed by atoms with Crippen molar-refractivity contribution in [3.05, 3.63) is 106 Å². The van der Waals surface area contributed by atoms with Crippen molar-refractivity contribution in [1.82, 2.24) is 0 Å². The third-order valence-electron chi connectivity index (χ3n) is 5.97. The van der Waals surface area contributed by atoms with E-state index >= 15 is 4.39 Å². The summed E-state index contributed by atoms with van der Waals surface area (Å²) in [7, 11) is 1.56. The van der Waals surface area contributed by atoms with Gasteiger partial charge in [0.1, 0.15) is 17.5 Å². The molecule has 0 aliphatic carbocycles. The minimum Gasteiger partial charge on any atom is -0.385 e. The van der Waals surface area contributed by atoms with Crippen molar-refractivity contribution in [3.63, 3.8) is 0 Å². The number of fused-ring (bicyclic) bond motifs is 1. The summed E-state index contributed by atoms with van der Waals surface area (Å²) < 4.78 is 89.6. The Morgan fingerprint density at radius 2 is 1.26 bits per heavy atom. The zero-order valence-corrected chi connectivity index (χ0v) is 18.9. The van der Waals surface area contributed by atoms with E-state index in [-0.39, 0.29) is 34.9 Å². The molecule has 0 atom stereocenters. The van der Waals surface area contributed by atoms with Gasteiger partial charge >= 0.3 is 0 Å². The SMILES string of the molecule is COCCCc1cc(F)c(-c2ccc3c(F)c(CCc4cc(F)c(F)c(F)c4)ccc3c2)c(F)c1. The van der Waals surface area contributed by atoms with Crippen LogP contribution in [0.2, 0.25) is 0 Å². The Hall–Kier alpha value is -3.32. The molecule has 4 aromatic rings. The highest BCUT2D eigenvalue weighted by Crippen LogP contribution is 2.32. The van der Waals surface area contributed by atoms with Crippen molar-refractivity contribution < 1.29 is 31.1 Å². The van der Waals surface area contributed by atoms with Gasteiger partial charge < -0.3 is 4.74 Å². The minimum absolute atomic E-state index is 0.0990. The molecule has 0 saturated heterocycles. The van der Waals surface area contributed by atoms with Crippen molar-refractivity contribution in [2.45, 2.75) is 25.7 Å². The van der Waals surface area contributed by atoms with E-state index in [2.05, 4.69) is 0 Å². The molecule has 0 saturated carbocycles. The van der Waals surface area contributed by atoms with Gasteiger partial charge in [-0.25, -0.2) is 26.3 Å². The average molecular weight is 488 g/mol. The molecule has 4 aromatic carbocycles. The molecule has 0 bridgehead atoms. The lowest BCUT2D eigenvalue weighted by Gasteiger charge is -2.11. The molecule has 182 valence electrons. The molecular formula is C28H22F6O. The summed E-state index contributed by atoms with van der Waals surface area (Å²) in [6.07, 6.45) is 1.34. The van der Waals surface area contributed by atoms with E-state index < -0.39 is 34.9 Å². The fraction of sp³-hybridized carbons (Fsp3) is 0.214. The van der Waals surface area contributed by atoms with Gasteiger partial charge in [0.05, 0.1) is 5.56 Å². The van der Waals surface area contributed by atoms with Crippen LogP contribution in [0.4, 0.5) is 26.3 Å². The lowest BCUT2D eigenvalue weighted by molar-refractivity contribution is 0.195. The smallest absolute Gasteiger partial charge is 0.194 e. The van der Waals surface area contributed by atoms with Crippen molar-refractivity contribution in [2.24, 2.45) is 0 Å². The Kier molecular flexibility index (Phi) is 7.45.